The van der Waals surface area contributed by atoms with Gasteiger partial charge in [-0.3, -0.25) is 14.3 Å². The third-order valence-electron chi connectivity index (χ3n) is 7.53. The quantitative estimate of drug-likeness (QED) is 0.343. The summed E-state index contributed by atoms with van der Waals surface area (Å²) in [6.45, 7) is 12.3. The molecule has 0 aliphatic carbocycles. The van der Waals surface area contributed by atoms with Gasteiger partial charge in [-0.2, -0.15) is 4.98 Å². The summed E-state index contributed by atoms with van der Waals surface area (Å²) in [5.41, 5.74) is 1.09. The van der Waals surface area contributed by atoms with E-state index < -0.39 is 23.1 Å². The number of piperazine rings is 1. The van der Waals surface area contributed by atoms with Gasteiger partial charge in [0.2, 0.25) is 5.91 Å². The molecule has 1 amide bonds. The maximum atomic E-state index is 15.9. The van der Waals surface area contributed by atoms with Crippen molar-refractivity contribution in [3.05, 3.63) is 88.6 Å². The number of anilines is 1. The zero-order chi connectivity index (χ0) is 29.6. The molecule has 1 aliphatic heterocycles. The first-order valence-electron chi connectivity index (χ1n) is 13.4. The molecule has 4 aromatic rings. The summed E-state index contributed by atoms with van der Waals surface area (Å²) < 4.78 is 32.2. The lowest BCUT2D eigenvalue weighted by molar-refractivity contribution is -0.126. The third-order valence-corrected chi connectivity index (χ3v) is 7.53. The number of aromatic nitrogens is 3. The van der Waals surface area contributed by atoms with Crippen LogP contribution in [0.3, 0.4) is 0 Å². The van der Waals surface area contributed by atoms with Gasteiger partial charge in [0, 0.05) is 42.8 Å². The van der Waals surface area contributed by atoms with E-state index in [0.29, 0.717) is 36.4 Å². The molecular formula is C31H31F2N5O3. The Kier molecular flexibility index (Phi) is 7.33. The Labute approximate surface area is 236 Å². The molecular weight excluding hydrogens is 528 g/mol. The monoisotopic (exact) mass is 559 g/mol. The zero-order valence-electron chi connectivity index (χ0n) is 23.4. The molecule has 1 fully saturated rings. The van der Waals surface area contributed by atoms with Crippen molar-refractivity contribution in [2.24, 2.45) is 0 Å². The molecule has 10 heteroatoms. The van der Waals surface area contributed by atoms with Crippen LogP contribution in [-0.4, -0.2) is 56.1 Å². The number of aryl methyl sites for hydroxylation is 1. The molecule has 2 aromatic carbocycles. The number of benzene rings is 2. The van der Waals surface area contributed by atoms with Gasteiger partial charge in [0.1, 0.15) is 23.2 Å². The number of fused-ring (bicyclic) bond motifs is 1. The zero-order valence-corrected chi connectivity index (χ0v) is 23.4. The van der Waals surface area contributed by atoms with E-state index >= 15 is 4.39 Å². The number of hydrogen-bond acceptors (Lipinski definition) is 6. The van der Waals surface area contributed by atoms with Crippen molar-refractivity contribution in [3.8, 4) is 22.6 Å². The Balaban J connectivity index is 1.83. The lowest BCUT2D eigenvalue weighted by Gasteiger charge is -2.40. The van der Waals surface area contributed by atoms with Gasteiger partial charge in [-0.25, -0.2) is 13.6 Å². The van der Waals surface area contributed by atoms with Gasteiger partial charge in [0.05, 0.1) is 22.5 Å². The van der Waals surface area contributed by atoms with Gasteiger partial charge in [0.25, 0.3) is 0 Å². The van der Waals surface area contributed by atoms with Crippen molar-refractivity contribution in [3.63, 3.8) is 0 Å². The maximum Gasteiger partial charge on any atom is 0.354 e. The van der Waals surface area contributed by atoms with Crippen LogP contribution in [0.2, 0.25) is 0 Å². The summed E-state index contributed by atoms with van der Waals surface area (Å²) in [7, 11) is 0. The van der Waals surface area contributed by atoms with Crippen LogP contribution < -0.4 is 10.6 Å². The van der Waals surface area contributed by atoms with E-state index in [-0.39, 0.29) is 40.3 Å². The highest BCUT2D eigenvalue weighted by atomic mass is 19.1. The minimum atomic E-state index is -0.802. The lowest BCUT2D eigenvalue weighted by atomic mass is 9.99. The first kappa shape index (κ1) is 27.9. The molecule has 1 saturated heterocycles. The van der Waals surface area contributed by atoms with Crippen molar-refractivity contribution in [2.75, 3.05) is 24.5 Å². The molecule has 8 nitrogen and oxygen atoms in total. The van der Waals surface area contributed by atoms with Crippen molar-refractivity contribution >= 4 is 22.6 Å². The summed E-state index contributed by atoms with van der Waals surface area (Å²) in [5.74, 6) is -2.01. The van der Waals surface area contributed by atoms with Gasteiger partial charge in [-0.15, -0.1) is 0 Å². The molecule has 1 N–H and O–H groups in total. The maximum absolute atomic E-state index is 15.9. The molecule has 0 radical (unpaired) electrons. The predicted molar refractivity (Wildman–Crippen MR) is 155 cm³/mol. The lowest BCUT2D eigenvalue weighted by Crippen LogP contribution is -2.54. The van der Waals surface area contributed by atoms with Crippen LogP contribution >= 0.6 is 0 Å². The number of amides is 1. The molecule has 2 aromatic heterocycles. The van der Waals surface area contributed by atoms with Crippen molar-refractivity contribution in [2.45, 2.75) is 39.7 Å². The second-order valence-corrected chi connectivity index (χ2v) is 10.6. The first-order chi connectivity index (χ1) is 19.5. The van der Waals surface area contributed by atoms with Gasteiger partial charge < -0.3 is 14.9 Å². The van der Waals surface area contributed by atoms with Crippen molar-refractivity contribution in [1.29, 1.82) is 0 Å². The number of halogens is 2. The predicted octanol–water partition coefficient (Wildman–Crippen LogP) is 5.09. The topological polar surface area (TPSA) is 91.6 Å². The highest BCUT2D eigenvalue weighted by Gasteiger charge is 2.30. The Morgan fingerprint density at radius 1 is 1.17 bits per heavy atom. The van der Waals surface area contributed by atoms with Crippen molar-refractivity contribution < 1.29 is 18.7 Å². The average molecular weight is 560 g/mol. The van der Waals surface area contributed by atoms with Gasteiger partial charge in [-0.1, -0.05) is 26.5 Å². The highest BCUT2D eigenvalue weighted by Crippen LogP contribution is 2.38. The standard InChI is InChI=1S/C31H31F2N5O3/c1-6-26(40)36-12-13-37(19(5)16-36)30-21-14-23(33)20(27-22(32)8-7-9-25(27)39)15-24(21)38(31(41)35-30)29-18(4)10-11-34-28(29)17(2)3/h6-11,14-15,17,19,39H,1,12-13,16H2,2-5H3. The molecule has 41 heavy (non-hydrogen) atoms. The van der Waals surface area contributed by atoms with Crippen LogP contribution in [-0.2, 0) is 4.79 Å². The molecule has 0 saturated carbocycles. The molecule has 0 spiro atoms. The molecule has 1 atom stereocenters. The average Bonchev–Trinajstić information content (AvgIpc) is 2.93. The van der Waals surface area contributed by atoms with Gasteiger partial charge >= 0.3 is 5.69 Å². The van der Waals surface area contributed by atoms with E-state index in [2.05, 4.69) is 16.5 Å². The van der Waals surface area contributed by atoms with E-state index in [1.165, 1.54) is 34.9 Å². The number of rotatable bonds is 5. The summed E-state index contributed by atoms with van der Waals surface area (Å²) in [6.07, 6.45) is 2.92. The summed E-state index contributed by atoms with van der Waals surface area (Å²) in [5, 5.41) is 10.8. The number of aromatic hydroxyl groups is 1. The summed E-state index contributed by atoms with van der Waals surface area (Å²) in [6, 6.07) is 7.88. The minimum Gasteiger partial charge on any atom is -0.507 e. The third kappa shape index (κ3) is 4.83. The highest BCUT2D eigenvalue weighted by molar-refractivity contribution is 5.95. The molecule has 212 valence electrons. The second kappa shape index (κ2) is 10.8. The number of phenols is 1. The molecule has 1 unspecified atom stereocenters. The fourth-order valence-electron chi connectivity index (χ4n) is 5.52. The van der Waals surface area contributed by atoms with Crippen LogP contribution in [0.4, 0.5) is 14.6 Å². The summed E-state index contributed by atoms with van der Waals surface area (Å²) in [4.78, 5) is 38.7. The molecule has 3 heterocycles. The fraction of sp³-hybridized carbons (Fsp3) is 0.290. The normalized spacial score (nSPS) is 15.5. The van der Waals surface area contributed by atoms with Crippen LogP contribution in [0.1, 0.15) is 37.9 Å². The number of hydrogen-bond donors (Lipinski definition) is 1. The van der Waals surface area contributed by atoms with Crippen LogP contribution in [0.5, 0.6) is 5.75 Å². The van der Waals surface area contributed by atoms with Gasteiger partial charge in [-0.05, 0) is 61.7 Å². The molecule has 1 aliphatic rings. The number of nitrogens with zero attached hydrogens (tertiary/aromatic N) is 5. The van der Waals surface area contributed by atoms with Crippen LogP contribution in [0.25, 0.3) is 27.7 Å². The number of pyridine rings is 1. The minimum absolute atomic E-state index is 0.0578. The molecule has 0 bridgehead atoms. The number of carbonyl (C=O) groups excluding carboxylic acids is 1. The van der Waals surface area contributed by atoms with Gasteiger partial charge in [0.15, 0.2) is 0 Å². The Bertz CT molecular complexity index is 1730. The second-order valence-electron chi connectivity index (χ2n) is 10.6. The largest absolute Gasteiger partial charge is 0.507 e. The summed E-state index contributed by atoms with van der Waals surface area (Å²) >= 11 is 0. The van der Waals surface area contributed by atoms with Crippen LogP contribution in [0.15, 0.2) is 60.0 Å². The fourth-order valence-corrected chi connectivity index (χ4v) is 5.52. The van der Waals surface area contributed by atoms with E-state index in [9.17, 15) is 19.1 Å². The van der Waals surface area contributed by atoms with E-state index in [1.54, 1.807) is 17.2 Å². The number of phenolic OH excluding ortho intramolecular Hbond substituents is 1. The Morgan fingerprint density at radius 3 is 2.59 bits per heavy atom. The first-order valence-corrected chi connectivity index (χ1v) is 13.4. The smallest absolute Gasteiger partial charge is 0.354 e. The Morgan fingerprint density at radius 2 is 1.93 bits per heavy atom. The SMILES string of the molecule is C=CC(=O)N1CCN(c2nc(=O)n(-c3c(C)ccnc3C(C)C)c3cc(-c4c(O)cccc4F)c(F)cc23)C(C)C1. The van der Waals surface area contributed by atoms with E-state index in [1.807, 2.05) is 32.6 Å². The van der Waals surface area contributed by atoms with Crippen molar-refractivity contribution in [1.82, 2.24) is 19.4 Å². The van der Waals surface area contributed by atoms with E-state index in [4.69, 9.17) is 0 Å². The molecule has 5 rings (SSSR count). The Hall–Kier alpha value is -4.60. The van der Waals surface area contributed by atoms with E-state index in [0.717, 1.165) is 11.6 Å². The number of carbonyl (C=O) groups is 1. The van der Waals surface area contributed by atoms with Crippen LogP contribution in [0, 0.1) is 18.6 Å².